The van der Waals surface area contributed by atoms with E-state index in [1.165, 1.54) is 18.2 Å². The fourth-order valence-electron chi connectivity index (χ4n) is 2.67. The van der Waals surface area contributed by atoms with Gasteiger partial charge in [-0.1, -0.05) is 42.5 Å². The molecule has 28 heavy (non-hydrogen) atoms. The van der Waals surface area contributed by atoms with Crippen LogP contribution >= 0.6 is 0 Å². The number of halogens is 3. The molecular formula is C19H21F3N2O4. The standard InChI is InChI=1S/C19H21F3N2O4/c20-19(21,22)28-15-8-4-7-14(9-15)11-23-12-17(25)16(24-18(26)27)10-13-5-2-1-3-6-13/h1-9,16-17,23-25H,10-12H2,(H,26,27)/t16-,17+/m0/s1. The van der Waals surface area contributed by atoms with Crippen LogP contribution in [-0.2, 0) is 13.0 Å². The summed E-state index contributed by atoms with van der Waals surface area (Å²) >= 11 is 0. The number of aliphatic hydroxyl groups is 1. The molecule has 0 aliphatic carbocycles. The molecule has 1 amide bonds. The minimum Gasteiger partial charge on any atom is -0.465 e. The van der Waals surface area contributed by atoms with Gasteiger partial charge in [0.2, 0.25) is 0 Å². The summed E-state index contributed by atoms with van der Waals surface area (Å²) in [4.78, 5) is 11.0. The first-order valence-corrected chi connectivity index (χ1v) is 8.50. The van der Waals surface area contributed by atoms with E-state index in [0.717, 1.165) is 5.56 Å². The lowest BCUT2D eigenvalue weighted by Gasteiger charge is -2.23. The molecule has 0 fully saturated rings. The van der Waals surface area contributed by atoms with Crippen molar-refractivity contribution < 1.29 is 32.9 Å². The molecule has 2 atom stereocenters. The zero-order valence-electron chi connectivity index (χ0n) is 14.8. The highest BCUT2D eigenvalue weighted by atomic mass is 19.4. The van der Waals surface area contributed by atoms with Crippen molar-refractivity contribution in [2.75, 3.05) is 6.54 Å². The van der Waals surface area contributed by atoms with Crippen molar-refractivity contribution in [3.05, 3.63) is 65.7 Å². The first-order valence-electron chi connectivity index (χ1n) is 8.50. The molecule has 0 bridgehead atoms. The van der Waals surface area contributed by atoms with E-state index in [9.17, 15) is 23.1 Å². The highest BCUT2D eigenvalue weighted by Crippen LogP contribution is 2.23. The van der Waals surface area contributed by atoms with Crippen LogP contribution in [0, 0.1) is 0 Å². The molecule has 0 heterocycles. The molecule has 0 aliphatic rings. The minimum absolute atomic E-state index is 0.0438. The maximum absolute atomic E-state index is 12.3. The lowest BCUT2D eigenvalue weighted by Crippen LogP contribution is -2.48. The lowest BCUT2D eigenvalue weighted by molar-refractivity contribution is -0.274. The van der Waals surface area contributed by atoms with Crippen molar-refractivity contribution in [2.45, 2.75) is 31.5 Å². The first-order chi connectivity index (χ1) is 13.2. The minimum atomic E-state index is -4.77. The zero-order valence-corrected chi connectivity index (χ0v) is 14.8. The Hall–Kier alpha value is -2.78. The van der Waals surface area contributed by atoms with Crippen LogP contribution in [0.2, 0.25) is 0 Å². The predicted octanol–water partition coefficient (Wildman–Crippen LogP) is 2.91. The maximum atomic E-state index is 12.3. The molecule has 0 saturated heterocycles. The van der Waals surface area contributed by atoms with Crippen LogP contribution in [0.3, 0.4) is 0 Å². The van der Waals surface area contributed by atoms with Gasteiger partial charge in [-0.05, 0) is 29.7 Å². The van der Waals surface area contributed by atoms with E-state index in [-0.39, 0.29) is 18.8 Å². The van der Waals surface area contributed by atoms with Gasteiger partial charge in [-0.2, -0.15) is 0 Å². The third-order valence-corrected chi connectivity index (χ3v) is 3.89. The topological polar surface area (TPSA) is 90.8 Å². The number of carbonyl (C=O) groups is 1. The Morgan fingerprint density at radius 2 is 1.75 bits per heavy atom. The van der Waals surface area contributed by atoms with Gasteiger partial charge in [0, 0.05) is 13.1 Å². The van der Waals surface area contributed by atoms with Gasteiger partial charge in [0.1, 0.15) is 5.75 Å². The van der Waals surface area contributed by atoms with E-state index in [4.69, 9.17) is 5.11 Å². The third-order valence-electron chi connectivity index (χ3n) is 3.89. The van der Waals surface area contributed by atoms with Crippen LogP contribution in [0.4, 0.5) is 18.0 Å². The molecule has 0 radical (unpaired) electrons. The van der Waals surface area contributed by atoms with Crippen LogP contribution in [0.25, 0.3) is 0 Å². The SMILES string of the molecule is O=C(O)N[C@@H](Cc1ccccc1)[C@H](O)CNCc1cccc(OC(F)(F)F)c1. The quantitative estimate of drug-likeness (QED) is 0.522. The number of aliphatic hydroxyl groups excluding tert-OH is 1. The summed E-state index contributed by atoms with van der Waals surface area (Å²) in [6, 6.07) is 13.8. The number of hydrogen-bond acceptors (Lipinski definition) is 4. The zero-order chi connectivity index (χ0) is 20.6. The Balaban J connectivity index is 1.90. The van der Waals surface area contributed by atoms with E-state index in [2.05, 4.69) is 15.4 Å². The fraction of sp³-hybridized carbons (Fsp3) is 0.316. The molecule has 0 spiro atoms. The Morgan fingerprint density at radius 1 is 1.07 bits per heavy atom. The Bertz CT molecular complexity index is 756. The van der Waals surface area contributed by atoms with Crippen molar-refractivity contribution in [2.24, 2.45) is 0 Å². The van der Waals surface area contributed by atoms with Gasteiger partial charge in [0.05, 0.1) is 12.1 Å². The molecule has 2 aromatic carbocycles. The number of amides is 1. The second-order valence-corrected chi connectivity index (χ2v) is 6.14. The van der Waals surface area contributed by atoms with Crippen LogP contribution in [0.1, 0.15) is 11.1 Å². The molecule has 152 valence electrons. The van der Waals surface area contributed by atoms with Crippen molar-refractivity contribution in [1.29, 1.82) is 0 Å². The highest BCUT2D eigenvalue weighted by Gasteiger charge is 2.31. The van der Waals surface area contributed by atoms with Gasteiger partial charge in [0.15, 0.2) is 0 Å². The van der Waals surface area contributed by atoms with Gasteiger partial charge in [0.25, 0.3) is 0 Å². The molecular weight excluding hydrogens is 377 g/mol. The average molecular weight is 398 g/mol. The number of nitrogens with one attached hydrogen (secondary N) is 2. The summed E-state index contributed by atoms with van der Waals surface area (Å²) in [5.74, 6) is -0.332. The Morgan fingerprint density at radius 3 is 2.39 bits per heavy atom. The van der Waals surface area contributed by atoms with E-state index in [0.29, 0.717) is 12.0 Å². The van der Waals surface area contributed by atoms with Crippen molar-refractivity contribution in [3.63, 3.8) is 0 Å². The molecule has 9 heteroatoms. The summed E-state index contributed by atoms with van der Waals surface area (Å²) in [5.41, 5.74) is 1.39. The normalized spacial score (nSPS) is 13.6. The third kappa shape index (κ3) is 7.85. The second kappa shape index (κ2) is 9.95. The van der Waals surface area contributed by atoms with Gasteiger partial charge in [-0.3, -0.25) is 0 Å². The Labute approximate surface area is 160 Å². The predicted molar refractivity (Wildman–Crippen MR) is 95.9 cm³/mol. The molecule has 0 aliphatic heterocycles. The second-order valence-electron chi connectivity index (χ2n) is 6.14. The number of hydrogen-bond donors (Lipinski definition) is 4. The van der Waals surface area contributed by atoms with Crippen LogP contribution in [-0.4, -0.2) is 41.4 Å². The number of benzene rings is 2. The van der Waals surface area contributed by atoms with E-state index in [1.54, 1.807) is 6.07 Å². The average Bonchev–Trinajstić information content (AvgIpc) is 2.60. The molecule has 4 N–H and O–H groups in total. The van der Waals surface area contributed by atoms with Crippen molar-refractivity contribution in [3.8, 4) is 5.75 Å². The monoisotopic (exact) mass is 398 g/mol. The number of alkyl halides is 3. The van der Waals surface area contributed by atoms with Gasteiger partial charge in [-0.25, -0.2) is 4.79 Å². The summed E-state index contributed by atoms with van der Waals surface area (Å²) < 4.78 is 40.7. The summed E-state index contributed by atoms with van der Waals surface area (Å²) in [6.07, 6.45) is -6.76. The first kappa shape index (κ1) is 21.5. The van der Waals surface area contributed by atoms with Crippen LogP contribution in [0.15, 0.2) is 54.6 Å². The van der Waals surface area contributed by atoms with Crippen LogP contribution in [0.5, 0.6) is 5.75 Å². The fourth-order valence-corrected chi connectivity index (χ4v) is 2.67. The van der Waals surface area contributed by atoms with Crippen molar-refractivity contribution in [1.82, 2.24) is 10.6 Å². The van der Waals surface area contributed by atoms with E-state index >= 15 is 0 Å². The molecule has 0 aromatic heterocycles. The lowest BCUT2D eigenvalue weighted by atomic mass is 10.0. The highest BCUT2D eigenvalue weighted by molar-refractivity contribution is 5.65. The maximum Gasteiger partial charge on any atom is 0.573 e. The molecule has 6 nitrogen and oxygen atoms in total. The molecule has 2 aromatic rings. The summed E-state index contributed by atoms with van der Waals surface area (Å²) in [7, 11) is 0. The van der Waals surface area contributed by atoms with Crippen LogP contribution < -0.4 is 15.4 Å². The molecule has 0 unspecified atom stereocenters. The Kier molecular flexibility index (Phi) is 7.65. The number of ether oxygens (including phenoxy) is 1. The number of rotatable bonds is 9. The van der Waals surface area contributed by atoms with Gasteiger partial charge in [-0.15, -0.1) is 13.2 Å². The number of carboxylic acid groups (broad SMARTS) is 1. The largest absolute Gasteiger partial charge is 0.573 e. The van der Waals surface area contributed by atoms with Gasteiger partial charge < -0.3 is 25.6 Å². The van der Waals surface area contributed by atoms with E-state index in [1.807, 2.05) is 30.3 Å². The van der Waals surface area contributed by atoms with Gasteiger partial charge >= 0.3 is 12.5 Å². The summed E-state index contributed by atoms with van der Waals surface area (Å²) in [5, 5.41) is 24.5. The molecule has 2 rings (SSSR count). The van der Waals surface area contributed by atoms with E-state index < -0.39 is 24.6 Å². The molecule has 0 saturated carbocycles. The van der Waals surface area contributed by atoms with Crippen molar-refractivity contribution >= 4 is 6.09 Å². The smallest absolute Gasteiger partial charge is 0.465 e. The summed E-state index contributed by atoms with van der Waals surface area (Å²) in [6.45, 7) is 0.222.